The van der Waals surface area contributed by atoms with E-state index in [1.165, 1.54) is 13.8 Å². The monoisotopic (exact) mass is 342 g/mol. The zero-order chi connectivity index (χ0) is 18.6. The number of Topliss-reactive ketones (excluding diaryl/α,β-unsaturated/α-hetero) is 1. The van der Waals surface area contributed by atoms with E-state index < -0.39 is 11.7 Å². The summed E-state index contributed by atoms with van der Waals surface area (Å²) >= 11 is 0. The van der Waals surface area contributed by atoms with Crippen molar-refractivity contribution >= 4 is 23.3 Å². The van der Waals surface area contributed by atoms with Crippen molar-refractivity contribution < 1.29 is 19.4 Å². The summed E-state index contributed by atoms with van der Waals surface area (Å²) in [7, 11) is 0. The molecule has 6 nitrogen and oxygen atoms in total. The fourth-order valence-corrected chi connectivity index (χ4v) is 2.17. The van der Waals surface area contributed by atoms with Crippen molar-refractivity contribution in [2.75, 3.05) is 11.1 Å². The highest BCUT2D eigenvalue weighted by Crippen LogP contribution is 2.19. The zero-order valence-corrected chi connectivity index (χ0v) is 14.5. The minimum absolute atomic E-state index is 0.0597. The predicted octanol–water partition coefficient (Wildman–Crippen LogP) is 3.28. The van der Waals surface area contributed by atoms with Gasteiger partial charge < -0.3 is 15.6 Å². The number of carbonyl (C=O) groups excluding carboxylic acids is 2. The number of anilines is 2. The van der Waals surface area contributed by atoms with Gasteiger partial charge in [-0.1, -0.05) is 30.3 Å². The van der Waals surface area contributed by atoms with Crippen LogP contribution in [-0.4, -0.2) is 22.6 Å². The molecule has 0 aliphatic rings. The molecule has 0 atom stereocenters. The highest BCUT2D eigenvalue weighted by molar-refractivity contribution is 6.01. The Hall–Kier alpha value is -2.86. The van der Waals surface area contributed by atoms with Crippen LogP contribution in [0.25, 0.3) is 0 Å². The average molecular weight is 342 g/mol. The van der Waals surface area contributed by atoms with Gasteiger partial charge in [0.1, 0.15) is 12.2 Å². The first-order valence-corrected chi connectivity index (χ1v) is 7.83. The largest absolute Gasteiger partial charge is 0.444 e. The van der Waals surface area contributed by atoms with Gasteiger partial charge in [-0.3, -0.25) is 10.1 Å². The smallest absolute Gasteiger partial charge is 0.411 e. The minimum atomic E-state index is -1.42. The molecule has 0 spiro atoms. The van der Waals surface area contributed by atoms with E-state index in [0.717, 1.165) is 11.1 Å². The molecule has 0 heterocycles. The van der Waals surface area contributed by atoms with Crippen molar-refractivity contribution in [3.8, 4) is 0 Å². The van der Waals surface area contributed by atoms with Crippen LogP contribution in [0.4, 0.5) is 16.2 Å². The first-order chi connectivity index (χ1) is 11.7. The van der Waals surface area contributed by atoms with E-state index in [4.69, 9.17) is 10.5 Å². The Bertz CT molecular complexity index is 777. The van der Waals surface area contributed by atoms with Crippen LogP contribution in [0.3, 0.4) is 0 Å². The third-order valence-corrected chi connectivity index (χ3v) is 3.64. The van der Waals surface area contributed by atoms with E-state index in [1.54, 1.807) is 36.4 Å². The molecule has 1 amide bonds. The van der Waals surface area contributed by atoms with Crippen LogP contribution < -0.4 is 11.1 Å². The molecule has 132 valence electrons. The number of aryl methyl sites for hydroxylation is 1. The Labute approximate surface area is 146 Å². The number of nitrogen functional groups attached to an aromatic ring is 1. The van der Waals surface area contributed by atoms with Gasteiger partial charge in [-0.2, -0.15) is 0 Å². The zero-order valence-electron chi connectivity index (χ0n) is 14.5. The quantitative estimate of drug-likeness (QED) is 0.572. The van der Waals surface area contributed by atoms with E-state index >= 15 is 0 Å². The second kappa shape index (κ2) is 7.36. The van der Waals surface area contributed by atoms with Crippen molar-refractivity contribution in [3.05, 3.63) is 59.2 Å². The van der Waals surface area contributed by atoms with E-state index in [0.29, 0.717) is 16.9 Å². The van der Waals surface area contributed by atoms with E-state index in [1.807, 2.05) is 13.0 Å². The maximum absolute atomic E-state index is 12.0. The summed E-state index contributed by atoms with van der Waals surface area (Å²) in [4.78, 5) is 23.8. The number of ether oxygens (including phenoxy) is 1. The molecule has 0 aliphatic carbocycles. The number of benzene rings is 2. The summed E-state index contributed by atoms with van der Waals surface area (Å²) in [6.07, 6.45) is -0.592. The molecule has 0 saturated heterocycles. The van der Waals surface area contributed by atoms with Gasteiger partial charge in [0, 0.05) is 16.9 Å². The number of ketones is 1. The topological polar surface area (TPSA) is 102 Å². The molecule has 2 aromatic carbocycles. The fourth-order valence-electron chi connectivity index (χ4n) is 2.17. The number of nitrogens with one attached hydrogen (secondary N) is 1. The summed E-state index contributed by atoms with van der Waals surface area (Å²) in [5.41, 5.74) is 7.42. The van der Waals surface area contributed by atoms with E-state index in [-0.39, 0.29) is 12.4 Å². The van der Waals surface area contributed by atoms with Crippen LogP contribution in [0.2, 0.25) is 0 Å². The molecule has 0 bridgehead atoms. The SMILES string of the molecule is Cc1ccc(N)cc1NC(=O)OCc1ccc(C(=O)C(C)(C)O)cc1. The van der Waals surface area contributed by atoms with Crippen molar-refractivity contribution in [2.24, 2.45) is 0 Å². The molecule has 6 heteroatoms. The third kappa shape index (κ3) is 5.06. The first kappa shape index (κ1) is 18.5. The Morgan fingerprint density at radius 1 is 1.16 bits per heavy atom. The summed E-state index contributed by atoms with van der Waals surface area (Å²) in [6.45, 7) is 4.79. The van der Waals surface area contributed by atoms with Crippen LogP contribution >= 0.6 is 0 Å². The third-order valence-electron chi connectivity index (χ3n) is 3.64. The molecular weight excluding hydrogens is 320 g/mol. The lowest BCUT2D eigenvalue weighted by atomic mass is 9.96. The molecule has 0 aliphatic heterocycles. The predicted molar refractivity (Wildman–Crippen MR) is 96.5 cm³/mol. The summed E-state index contributed by atoms with van der Waals surface area (Å²) in [6, 6.07) is 11.8. The van der Waals surface area contributed by atoms with Crippen LogP contribution in [0, 0.1) is 6.92 Å². The maximum Gasteiger partial charge on any atom is 0.411 e. The number of hydrogen-bond donors (Lipinski definition) is 3. The van der Waals surface area contributed by atoms with Crippen molar-refractivity contribution in [1.29, 1.82) is 0 Å². The number of amides is 1. The lowest BCUT2D eigenvalue weighted by Crippen LogP contribution is -2.31. The second-order valence-electron chi connectivity index (χ2n) is 6.36. The maximum atomic E-state index is 12.0. The molecule has 0 fully saturated rings. The highest BCUT2D eigenvalue weighted by atomic mass is 16.5. The van der Waals surface area contributed by atoms with Crippen molar-refractivity contribution in [1.82, 2.24) is 0 Å². The van der Waals surface area contributed by atoms with Crippen LogP contribution in [0.15, 0.2) is 42.5 Å². The van der Waals surface area contributed by atoms with E-state index in [9.17, 15) is 14.7 Å². The van der Waals surface area contributed by atoms with Crippen molar-refractivity contribution in [3.63, 3.8) is 0 Å². The highest BCUT2D eigenvalue weighted by Gasteiger charge is 2.24. The Morgan fingerprint density at radius 2 is 1.80 bits per heavy atom. The Morgan fingerprint density at radius 3 is 2.40 bits per heavy atom. The van der Waals surface area contributed by atoms with Gasteiger partial charge in [-0.05, 0) is 44.0 Å². The molecule has 0 aromatic heterocycles. The molecule has 0 unspecified atom stereocenters. The lowest BCUT2D eigenvalue weighted by Gasteiger charge is -2.15. The van der Waals surface area contributed by atoms with Gasteiger partial charge in [0.05, 0.1) is 0 Å². The van der Waals surface area contributed by atoms with Crippen LogP contribution in [0.5, 0.6) is 0 Å². The van der Waals surface area contributed by atoms with Crippen LogP contribution in [0.1, 0.15) is 35.3 Å². The van der Waals surface area contributed by atoms with E-state index in [2.05, 4.69) is 5.32 Å². The van der Waals surface area contributed by atoms with Gasteiger partial charge in [0.25, 0.3) is 0 Å². The fraction of sp³-hybridized carbons (Fsp3) is 0.263. The number of hydrogen-bond acceptors (Lipinski definition) is 5. The summed E-state index contributed by atoms with van der Waals surface area (Å²) in [5, 5.41) is 12.4. The molecule has 4 N–H and O–H groups in total. The molecule has 2 rings (SSSR count). The minimum Gasteiger partial charge on any atom is -0.444 e. The standard InChI is InChI=1S/C19H22N2O4/c1-12-4-9-15(20)10-16(12)21-18(23)25-11-13-5-7-14(8-6-13)17(22)19(2,3)24/h4-10,24H,11,20H2,1-3H3,(H,21,23). The van der Waals surface area contributed by atoms with Gasteiger partial charge in [-0.25, -0.2) is 4.79 Å². The number of aliphatic hydroxyl groups is 1. The number of nitrogens with two attached hydrogens (primary N) is 1. The lowest BCUT2D eigenvalue weighted by molar-refractivity contribution is 0.0488. The van der Waals surface area contributed by atoms with Gasteiger partial charge in [0.15, 0.2) is 5.78 Å². The van der Waals surface area contributed by atoms with Gasteiger partial charge in [-0.15, -0.1) is 0 Å². The number of carbonyl (C=O) groups is 2. The number of rotatable bonds is 5. The summed E-state index contributed by atoms with van der Waals surface area (Å²) < 4.78 is 5.17. The molecule has 0 radical (unpaired) electrons. The van der Waals surface area contributed by atoms with Gasteiger partial charge >= 0.3 is 6.09 Å². The average Bonchev–Trinajstić information content (AvgIpc) is 2.55. The van der Waals surface area contributed by atoms with Crippen molar-refractivity contribution in [2.45, 2.75) is 33.0 Å². The second-order valence-corrected chi connectivity index (χ2v) is 6.36. The summed E-state index contributed by atoms with van der Waals surface area (Å²) in [5.74, 6) is -0.366. The molecule has 2 aromatic rings. The Balaban J connectivity index is 1.94. The van der Waals surface area contributed by atoms with Crippen LogP contribution in [-0.2, 0) is 11.3 Å². The normalized spacial score (nSPS) is 11.0. The molecular formula is C19H22N2O4. The Kier molecular flexibility index (Phi) is 5.44. The first-order valence-electron chi connectivity index (χ1n) is 7.83. The van der Waals surface area contributed by atoms with Gasteiger partial charge in [0.2, 0.25) is 0 Å². The molecule has 25 heavy (non-hydrogen) atoms. The molecule has 0 saturated carbocycles.